The van der Waals surface area contributed by atoms with Gasteiger partial charge in [0.1, 0.15) is 5.76 Å². The molecule has 2 fully saturated rings. The van der Waals surface area contributed by atoms with Crippen LogP contribution in [0.15, 0.2) is 33.4 Å². The number of rotatable bonds is 4. The van der Waals surface area contributed by atoms with Crippen molar-refractivity contribution < 1.29 is 8.94 Å². The fraction of sp³-hybridized carbons (Fsp3) is 0.389. The first-order chi connectivity index (χ1) is 14.1. The molecule has 6 heterocycles. The van der Waals surface area contributed by atoms with Gasteiger partial charge in [-0.3, -0.25) is 4.90 Å². The maximum atomic E-state index is 6.14. The highest BCUT2D eigenvalue weighted by Crippen LogP contribution is 2.34. The summed E-state index contributed by atoms with van der Waals surface area (Å²) in [4.78, 5) is 18.2. The molecule has 11 nitrogen and oxygen atoms in total. The van der Waals surface area contributed by atoms with Crippen LogP contribution >= 0.6 is 0 Å². The van der Waals surface area contributed by atoms with Gasteiger partial charge in [0.15, 0.2) is 5.76 Å². The number of fused-ring (bicyclic) bond motifs is 3. The van der Waals surface area contributed by atoms with Crippen LogP contribution in [-0.4, -0.2) is 59.8 Å². The third-order valence-electron chi connectivity index (χ3n) is 5.62. The number of furan rings is 1. The summed E-state index contributed by atoms with van der Waals surface area (Å²) < 4.78 is 12.0. The maximum absolute atomic E-state index is 6.14. The van der Waals surface area contributed by atoms with Gasteiger partial charge < -0.3 is 19.6 Å². The van der Waals surface area contributed by atoms with Crippen LogP contribution in [0.4, 0.5) is 11.9 Å². The van der Waals surface area contributed by atoms with Crippen LogP contribution in [0.25, 0.3) is 17.4 Å². The molecular weight excluding hydrogens is 374 g/mol. The Morgan fingerprint density at radius 3 is 2.86 bits per heavy atom. The number of anilines is 2. The van der Waals surface area contributed by atoms with Gasteiger partial charge in [-0.1, -0.05) is 5.16 Å². The lowest BCUT2D eigenvalue weighted by Gasteiger charge is -2.33. The second kappa shape index (κ2) is 6.01. The highest BCUT2D eigenvalue weighted by Gasteiger charge is 2.44. The summed E-state index contributed by atoms with van der Waals surface area (Å²) in [6.07, 6.45) is 2.64. The molecular formula is C18H19N9O2. The molecule has 2 saturated heterocycles. The van der Waals surface area contributed by atoms with Crippen molar-refractivity contribution in [3.05, 3.63) is 35.9 Å². The number of likely N-dealkylation sites (tertiary alicyclic amines) is 1. The Labute approximate surface area is 165 Å². The number of nitrogen functional groups attached to an aromatic ring is 1. The Morgan fingerprint density at radius 1 is 1.21 bits per heavy atom. The normalized spacial score (nSPS) is 21.6. The largest absolute Gasteiger partial charge is 0.461 e. The lowest BCUT2D eigenvalue weighted by Crippen LogP contribution is -2.46. The maximum Gasteiger partial charge on any atom is 0.259 e. The van der Waals surface area contributed by atoms with E-state index in [1.165, 1.54) is 4.52 Å². The van der Waals surface area contributed by atoms with Crippen molar-refractivity contribution in [1.82, 2.24) is 34.6 Å². The summed E-state index contributed by atoms with van der Waals surface area (Å²) in [6.45, 7) is 4.48. The number of hydrogen-bond acceptors (Lipinski definition) is 10. The molecule has 29 heavy (non-hydrogen) atoms. The highest BCUT2D eigenvalue weighted by atomic mass is 16.5. The van der Waals surface area contributed by atoms with E-state index in [9.17, 15) is 0 Å². The predicted octanol–water partition coefficient (Wildman–Crippen LogP) is 1.12. The van der Waals surface area contributed by atoms with Crippen LogP contribution in [0.5, 0.6) is 0 Å². The number of hydrogen-bond donors (Lipinski definition) is 1. The Bertz CT molecular complexity index is 1180. The average molecular weight is 393 g/mol. The lowest BCUT2D eigenvalue weighted by molar-refractivity contribution is 0.222. The van der Waals surface area contributed by atoms with Crippen molar-refractivity contribution in [2.45, 2.75) is 32.0 Å². The van der Waals surface area contributed by atoms with Gasteiger partial charge in [0, 0.05) is 37.8 Å². The second-order valence-electron chi connectivity index (χ2n) is 7.56. The molecule has 2 aliphatic heterocycles. The number of aromatic nitrogens is 6. The van der Waals surface area contributed by atoms with Gasteiger partial charge in [0.25, 0.3) is 5.78 Å². The molecule has 0 spiro atoms. The van der Waals surface area contributed by atoms with Crippen molar-refractivity contribution in [3.63, 3.8) is 0 Å². The van der Waals surface area contributed by atoms with E-state index in [1.807, 2.05) is 13.0 Å². The number of aryl methyl sites for hydroxylation is 1. The van der Waals surface area contributed by atoms with E-state index in [1.54, 1.807) is 18.4 Å². The molecule has 2 N–H and O–H groups in total. The van der Waals surface area contributed by atoms with Crippen LogP contribution in [0.2, 0.25) is 0 Å². The molecule has 4 aromatic rings. The SMILES string of the molecule is Cc1cc(CN2C[C@H]3C[C@@H]2CN3c2nc(N)n3nc(-c4ccco4)nc3n2)no1. The number of nitrogens with two attached hydrogens (primary N) is 1. The first kappa shape index (κ1) is 16.5. The van der Waals surface area contributed by atoms with Crippen molar-refractivity contribution in [1.29, 1.82) is 0 Å². The molecule has 4 aromatic heterocycles. The molecule has 0 aliphatic carbocycles. The van der Waals surface area contributed by atoms with Gasteiger partial charge in [0.2, 0.25) is 17.7 Å². The molecule has 0 unspecified atom stereocenters. The average Bonchev–Trinajstić information content (AvgIpc) is 3.50. The van der Waals surface area contributed by atoms with E-state index in [-0.39, 0.29) is 5.95 Å². The molecule has 11 heteroatoms. The predicted molar refractivity (Wildman–Crippen MR) is 102 cm³/mol. The Balaban J connectivity index is 1.25. The van der Waals surface area contributed by atoms with Crippen molar-refractivity contribution in [2.75, 3.05) is 23.7 Å². The van der Waals surface area contributed by atoms with Crippen molar-refractivity contribution >= 4 is 17.7 Å². The summed E-state index contributed by atoms with van der Waals surface area (Å²) >= 11 is 0. The Hall–Kier alpha value is -3.47. The van der Waals surface area contributed by atoms with Gasteiger partial charge in [0.05, 0.1) is 12.0 Å². The second-order valence-corrected chi connectivity index (χ2v) is 7.56. The topological polar surface area (TPSA) is 128 Å². The first-order valence-electron chi connectivity index (χ1n) is 9.51. The monoisotopic (exact) mass is 393 g/mol. The minimum absolute atomic E-state index is 0.257. The molecule has 2 bridgehead atoms. The van der Waals surface area contributed by atoms with Crippen LogP contribution in [0.1, 0.15) is 17.9 Å². The molecule has 2 atom stereocenters. The van der Waals surface area contributed by atoms with Crippen LogP contribution in [-0.2, 0) is 6.54 Å². The summed E-state index contributed by atoms with van der Waals surface area (Å²) in [5.41, 5.74) is 7.11. The van der Waals surface area contributed by atoms with E-state index in [2.05, 4.69) is 35.0 Å². The molecule has 6 rings (SSSR count). The first-order valence-corrected chi connectivity index (χ1v) is 9.51. The summed E-state index contributed by atoms with van der Waals surface area (Å²) in [5, 5.41) is 8.46. The van der Waals surface area contributed by atoms with Gasteiger partial charge in [-0.25, -0.2) is 0 Å². The van der Waals surface area contributed by atoms with E-state index in [0.29, 0.717) is 35.4 Å². The molecule has 0 aromatic carbocycles. The van der Waals surface area contributed by atoms with E-state index < -0.39 is 0 Å². The number of piperazine rings is 1. The third kappa shape index (κ3) is 2.65. The minimum Gasteiger partial charge on any atom is -0.461 e. The fourth-order valence-electron chi connectivity index (χ4n) is 4.32. The smallest absolute Gasteiger partial charge is 0.259 e. The fourth-order valence-corrected chi connectivity index (χ4v) is 4.32. The van der Waals surface area contributed by atoms with Gasteiger partial charge in [-0.15, -0.1) is 5.10 Å². The van der Waals surface area contributed by atoms with E-state index in [4.69, 9.17) is 14.7 Å². The highest BCUT2D eigenvalue weighted by molar-refractivity contribution is 5.53. The molecule has 0 amide bonds. The standard InChI is InChI=1S/C18H19N9O2/c1-10-5-11(24-29-10)7-25-8-13-6-12(25)9-26(13)17-21-16(19)27-18(22-17)20-15(23-27)14-3-2-4-28-14/h2-5,12-13H,6-9H2,1H3,(H2,19,20,21,22,23)/t12-,13-/m1/s1. The van der Waals surface area contributed by atoms with Crippen molar-refractivity contribution in [2.24, 2.45) is 0 Å². The Kier molecular flexibility index (Phi) is 3.42. The lowest BCUT2D eigenvalue weighted by atomic mass is 10.2. The van der Waals surface area contributed by atoms with Gasteiger partial charge in [-0.05, 0) is 25.5 Å². The minimum atomic E-state index is 0.257. The number of nitrogens with zero attached hydrogens (tertiary/aromatic N) is 8. The van der Waals surface area contributed by atoms with Gasteiger partial charge >= 0.3 is 0 Å². The zero-order valence-electron chi connectivity index (χ0n) is 15.8. The molecule has 0 radical (unpaired) electrons. The van der Waals surface area contributed by atoms with Crippen LogP contribution in [0.3, 0.4) is 0 Å². The summed E-state index contributed by atoms with van der Waals surface area (Å²) in [5.74, 6) is 3.11. The van der Waals surface area contributed by atoms with Crippen molar-refractivity contribution in [3.8, 4) is 11.6 Å². The third-order valence-corrected chi connectivity index (χ3v) is 5.62. The van der Waals surface area contributed by atoms with Crippen LogP contribution < -0.4 is 10.6 Å². The van der Waals surface area contributed by atoms with E-state index in [0.717, 1.165) is 37.5 Å². The summed E-state index contributed by atoms with van der Waals surface area (Å²) in [6, 6.07) is 6.33. The summed E-state index contributed by atoms with van der Waals surface area (Å²) in [7, 11) is 0. The molecule has 0 saturated carbocycles. The van der Waals surface area contributed by atoms with Crippen LogP contribution in [0, 0.1) is 6.92 Å². The Morgan fingerprint density at radius 2 is 2.14 bits per heavy atom. The molecule has 148 valence electrons. The zero-order chi connectivity index (χ0) is 19.5. The molecule has 2 aliphatic rings. The quantitative estimate of drug-likeness (QED) is 0.538. The van der Waals surface area contributed by atoms with E-state index >= 15 is 0 Å². The zero-order valence-corrected chi connectivity index (χ0v) is 15.8. The van der Waals surface area contributed by atoms with Gasteiger partial charge in [-0.2, -0.15) is 19.5 Å².